The smallest absolute Gasteiger partial charge is 0.159 e. The Labute approximate surface area is 212 Å². The molecule has 2 unspecified atom stereocenters. The van der Waals surface area contributed by atoms with E-state index in [0.717, 1.165) is 40.7 Å². The van der Waals surface area contributed by atoms with Gasteiger partial charge in [-0.3, -0.25) is 0 Å². The van der Waals surface area contributed by atoms with Gasteiger partial charge >= 0.3 is 0 Å². The molecule has 2 aromatic rings. The molecule has 0 saturated heterocycles. The third-order valence-electron chi connectivity index (χ3n) is 9.81. The summed E-state index contributed by atoms with van der Waals surface area (Å²) < 4.78 is 26.9. The van der Waals surface area contributed by atoms with Gasteiger partial charge in [0.25, 0.3) is 0 Å². The molecule has 4 rings (SSSR count). The molecule has 2 atom stereocenters. The molecule has 0 nitrogen and oxygen atoms in total. The van der Waals surface area contributed by atoms with Crippen LogP contribution >= 0.6 is 0 Å². The van der Waals surface area contributed by atoms with E-state index in [0.29, 0.717) is 5.92 Å². The van der Waals surface area contributed by atoms with Gasteiger partial charge < -0.3 is 0 Å². The van der Waals surface area contributed by atoms with Crippen molar-refractivity contribution in [2.45, 2.75) is 104 Å². The summed E-state index contributed by atoms with van der Waals surface area (Å²) in [6.45, 7) is 7.25. The maximum atomic E-state index is 13.6. The number of unbranched alkanes of at least 4 members (excludes halogenated alkanes) is 2. The topological polar surface area (TPSA) is 0 Å². The second kappa shape index (κ2) is 12.5. The van der Waals surface area contributed by atoms with Gasteiger partial charge in [-0.05, 0) is 103 Å². The molecular formula is C33H46F2. The molecule has 2 aliphatic rings. The van der Waals surface area contributed by atoms with Crippen molar-refractivity contribution >= 4 is 0 Å². The van der Waals surface area contributed by atoms with Gasteiger partial charge in [0.05, 0.1) is 0 Å². The lowest BCUT2D eigenvalue weighted by Crippen LogP contribution is -2.29. The zero-order chi connectivity index (χ0) is 24.8. The monoisotopic (exact) mass is 480 g/mol. The van der Waals surface area contributed by atoms with Crippen LogP contribution in [0.25, 0.3) is 11.1 Å². The number of halogens is 2. The van der Waals surface area contributed by atoms with E-state index in [-0.39, 0.29) is 0 Å². The molecule has 192 valence electrons. The number of hydrogen-bond donors (Lipinski definition) is 0. The van der Waals surface area contributed by atoms with E-state index in [1.54, 1.807) is 6.07 Å². The van der Waals surface area contributed by atoms with Crippen molar-refractivity contribution in [2.75, 3.05) is 0 Å². The quantitative estimate of drug-likeness (QED) is 0.313. The Morgan fingerprint density at radius 2 is 1.26 bits per heavy atom. The lowest BCUT2D eigenvalue weighted by molar-refractivity contribution is 0.118. The van der Waals surface area contributed by atoms with E-state index in [9.17, 15) is 8.78 Å². The highest BCUT2D eigenvalue weighted by atomic mass is 19.2. The Kier molecular flexibility index (Phi) is 9.42. The predicted molar refractivity (Wildman–Crippen MR) is 144 cm³/mol. The minimum Gasteiger partial charge on any atom is -0.204 e. The maximum absolute atomic E-state index is 13.6. The van der Waals surface area contributed by atoms with E-state index in [1.165, 1.54) is 94.7 Å². The molecular weight excluding hydrogens is 434 g/mol. The lowest BCUT2D eigenvalue weighted by atomic mass is 9.65. The van der Waals surface area contributed by atoms with Crippen LogP contribution in [0.5, 0.6) is 0 Å². The SMILES string of the molecule is CCCCCC1CCC(C(C)C2CCC(C(C)c3ccc(-c4ccc(F)c(F)c4)cc3)CC2)CC1. The van der Waals surface area contributed by atoms with Crippen LogP contribution in [0.3, 0.4) is 0 Å². The summed E-state index contributed by atoms with van der Waals surface area (Å²) >= 11 is 0. The van der Waals surface area contributed by atoms with Crippen molar-refractivity contribution in [3.8, 4) is 11.1 Å². The van der Waals surface area contributed by atoms with Gasteiger partial charge in [0, 0.05) is 0 Å². The van der Waals surface area contributed by atoms with Crippen molar-refractivity contribution in [3.63, 3.8) is 0 Å². The van der Waals surface area contributed by atoms with Gasteiger partial charge in [0.1, 0.15) is 0 Å². The molecule has 2 saturated carbocycles. The van der Waals surface area contributed by atoms with Crippen molar-refractivity contribution in [1.82, 2.24) is 0 Å². The summed E-state index contributed by atoms with van der Waals surface area (Å²) in [4.78, 5) is 0. The normalized spacial score (nSPS) is 26.9. The fourth-order valence-corrected chi connectivity index (χ4v) is 7.17. The molecule has 2 aliphatic carbocycles. The summed E-state index contributed by atoms with van der Waals surface area (Å²) in [6.07, 6.45) is 17.0. The maximum Gasteiger partial charge on any atom is 0.159 e. The van der Waals surface area contributed by atoms with E-state index in [4.69, 9.17) is 0 Å². The minimum atomic E-state index is -0.793. The van der Waals surface area contributed by atoms with Crippen LogP contribution in [0.15, 0.2) is 42.5 Å². The van der Waals surface area contributed by atoms with E-state index >= 15 is 0 Å². The number of rotatable bonds is 9. The fraction of sp³-hybridized carbons (Fsp3) is 0.636. The molecule has 0 bridgehead atoms. The summed E-state index contributed by atoms with van der Waals surface area (Å²) in [6, 6.07) is 12.6. The van der Waals surface area contributed by atoms with Crippen LogP contribution in [0, 0.1) is 41.2 Å². The number of benzene rings is 2. The lowest BCUT2D eigenvalue weighted by Gasteiger charge is -2.40. The molecule has 0 aliphatic heterocycles. The first-order valence-corrected chi connectivity index (χ1v) is 14.5. The molecule has 0 aromatic heterocycles. The van der Waals surface area contributed by atoms with Crippen LogP contribution in [0.1, 0.15) is 109 Å². The van der Waals surface area contributed by atoms with Crippen LogP contribution < -0.4 is 0 Å². The van der Waals surface area contributed by atoms with Gasteiger partial charge in [-0.25, -0.2) is 8.78 Å². The zero-order valence-corrected chi connectivity index (χ0v) is 22.2. The summed E-state index contributed by atoms with van der Waals surface area (Å²) in [7, 11) is 0. The highest BCUT2D eigenvalue weighted by Crippen LogP contribution is 2.45. The van der Waals surface area contributed by atoms with E-state index in [2.05, 4.69) is 45.0 Å². The molecule has 2 fully saturated rings. The molecule has 0 amide bonds. The third kappa shape index (κ3) is 6.75. The molecule has 2 aromatic carbocycles. The van der Waals surface area contributed by atoms with Gasteiger partial charge in [0.15, 0.2) is 11.6 Å². The Hall–Kier alpha value is -1.70. The first-order chi connectivity index (χ1) is 17.0. The average Bonchev–Trinajstić information content (AvgIpc) is 2.90. The van der Waals surface area contributed by atoms with E-state index in [1.807, 2.05) is 0 Å². The van der Waals surface area contributed by atoms with Crippen molar-refractivity contribution in [2.24, 2.45) is 29.6 Å². The van der Waals surface area contributed by atoms with E-state index < -0.39 is 11.6 Å². The molecule has 0 spiro atoms. The van der Waals surface area contributed by atoms with Gasteiger partial charge in [-0.15, -0.1) is 0 Å². The van der Waals surface area contributed by atoms with Crippen molar-refractivity contribution in [3.05, 3.63) is 59.7 Å². The predicted octanol–water partition coefficient (Wildman–Crippen LogP) is 10.6. The zero-order valence-electron chi connectivity index (χ0n) is 22.2. The van der Waals surface area contributed by atoms with Gasteiger partial charge in [-0.1, -0.05) is 89.6 Å². The highest BCUT2D eigenvalue weighted by Gasteiger charge is 2.33. The molecule has 0 heterocycles. The number of hydrogen-bond acceptors (Lipinski definition) is 0. The van der Waals surface area contributed by atoms with Gasteiger partial charge in [-0.2, -0.15) is 0 Å². The Morgan fingerprint density at radius 3 is 1.86 bits per heavy atom. The van der Waals surface area contributed by atoms with Crippen LogP contribution in [0.4, 0.5) is 8.78 Å². The fourth-order valence-electron chi connectivity index (χ4n) is 7.17. The molecule has 35 heavy (non-hydrogen) atoms. The van der Waals surface area contributed by atoms with Crippen molar-refractivity contribution < 1.29 is 8.78 Å². The average molecular weight is 481 g/mol. The first-order valence-electron chi connectivity index (χ1n) is 14.5. The van der Waals surface area contributed by atoms with Crippen LogP contribution in [-0.2, 0) is 0 Å². The van der Waals surface area contributed by atoms with Crippen LogP contribution in [0.2, 0.25) is 0 Å². The van der Waals surface area contributed by atoms with Crippen molar-refractivity contribution in [1.29, 1.82) is 0 Å². The highest BCUT2D eigenvalue weighted by molar-refractivity contribution is 5.63. The summed E-state index contributed by atoms with van der Waals surface area (Å²) in [5.74, 6) is 3.49. The Morgan fingerprint density at radius 1 is 0.686 bits per heavy atom. The standard InChI is InChI=1S/C33H46F2/c1-4-5-6-7-25-8-10-26(11-9-25)23(2)27-12-14-28(15-13-27)24(3)29-16-18-30(19-17-29)31-20-21-32(34)33(35)22-31/h16-28H,4-15H2,1-3H3. The largest absolute Gasteiger partial charge is 0.204 e. The summed E-state index contributed by atoms with van der Waals surface area (Å²) in [5.41, 5.74) is 3.04. The van der Waals surface area contributed by atoms with Gasteiger partial charge in [0.2, 0.25) is 0 Å². The molecule has 0 N–H and O–H groups in total. The Bertz CT molecular complexity index is 901. The summed E-state index contributed by atoms with van der Waals surface area (Å²) in [5, 5.41) is 0. The first kappa shape index (κ1) is 26.4. The van der Waals surface area contributed by atoms with Crippen LogP contribution in [-0.4, -0.2) is 0 Å². The second-order valence-electron chi connectivity index (χ2n) is 11.9. The molecule has 0 radical (unpaired) electrons. The minimum absolute atomic E-state index is 0.545. The second-order valence-corrected chi connectivity index (χ2v) is 11.9. The molecule has 2 heteroatoms. The third-order valence-corrected chi connectivity index (χ3v) is 9.81. The Balaban J connectivity index is 1.25.